The summed E-state index contributed by atoms with van der Waals surface area (Å²) in [7, 11) is 0. The van der Waals surface area contributed by atoms with E-state index in [1.165, 1.54) is 0 Å². The first-order valence-electron chi connectivity index (χ1n) is 9.12. The molecule has 0 aromatic carbocycles. The van der Waals surface area contributed by atoms with Crippen LogP contribution < -0.4 is 16.2 Å². The molecule has 6 nitrogen and oxygen atoms in total. The van der Waals surface area contributed by atoms with Gasteiger partial charge in [-0.25, -0.2) is 0 Å². The smallest absolute Gasteiger partial charge is 0.263 e. The van der Waals surface area contributed by atoms with Crippen molar-refractivity contribution in [1.82, 2.24) is 14.9 Å². The van der Waals surface area contributed by atoms with Crippen LogP contribution >= 0.6 is 24.8 Å². The summed E-state index contributed by atoms with van der Waals surface area (Å²) >= 11 is 0. The molecule has 0 radical (unpaired) electrons. The second kappa shape index (κ2) is 10.6. The largest absolute Gasteiger partial charge is 0.320 e. The zero-order valence-corrected chi connectivity index (χ0v) is 18.1. The molecule has 1 aliphatic heterocycles. The number of anilines is 1. The van der Waals surface area contributed by atoms with Gasteiger partial charge in [0.2, 0.25) is 0 Å². The molecule has 0 saturated carbocycles. The van der Waals surface area contributed by atoms with Gasteiger partial charge in [0.1, 0.15) is 5.56 Å². The van der Waals surface area contributed by atoms with Crippen LogP contribution in [0.5, 0.6) is 0 Å². The molecule has 1 fully saturated rings. The highest BCUT2D eigenvalue weighted by atomic mass is 35.5. The molecule has 0 spiro atoms. The van der Waals surface area contributed by atoms with Gasteiger partial charge >= 0.3 is 0 Å². The summed E-state index contributed by atoms with van der Waals surface area (Å²) in [5, 5.41) is 6.20. The van der Waals surface area contributed by atoms with E-state index in [0.29, 0.717) is 23.7 Å². The van der Waals surface area contributed by atoms with Crippen molar-refractivity contribution in [3.05, 3.63) is 57.3 Å². The molecular formula is C20H28Cl2N4O2. The van der Waals surface area contributed by atoms with E-state index < -0.39 is 0 Å². The van der Waals surface area contributed by atoms with Crippen LogP contribution in [0.15, 0.2) is 29.2 Å². The molecule has 2 aromatic rings. The number of nitrogens with zero attached hydrogens (tertiary/aromatic N) is 2. The lowest BCUT2D eigenvalue weighted by molar-refractivity contribution is 0.102. The number of aromatic nitrogens is 2. The van der Waals surface area contributed by atoms with Gasteiger partial charge < -0.3 is 15.2 Å². The Balaban J connectivity index is 0.00000196. The van der Waals surface area contributed by atoms with Crippen molar-refractivity contribution in [2.45, 2.75) is 40.2 Å². The van der Waals surface area contributed by atoms with Gasteiger partial charge in [0, 0.05) is 18.4 Å². The average Bonchev–Trinajstić information content (AvgIpc) is 2.61. The number of aryl methyl sites for hydroxylation is 3. The van der Waals surface area contributed by atoms with Crippen LogP contribution in [0, 0.1) is 26.7 Å². The molecule has 8 heteroatoms. The Morgan fingerprint density at radius 2 is 2.00 bits per heavy atom. The van der Waals surface area contributed by atoms with E-state index in [2.05, 4.69) is 15.6 Å². The van der Waals surface area contributed by atoms with E-state index in [0.717, 1.165) is 37.3 Å². The maximum absolute atomic E-state index is 12.9. The summed E-state index contributed by atoms with van der Waals surface area (Å²) < 4.78 is 1.67. The first-order valence-corrected chi connectivity index (χ1v) is 9.12. The van der Waals surface area contributed by atoms with E-state index in [1.807, 2.05) is 32.0 Å². The number of pyridine rings is 2. The summed E-state index contributed by atoms with van der Waals surface area (Å²) in [6.07, 6.45) is 4.02. The fraction of sp³-hybridized carbons (Fsp3) is 0.450. The molecule has 1 unspecified atom stereocenters. The lowest BCUT2D eigenvalue weighted by atomic mass is 9.99. The summed E-state index contributed by atoms with van der Waals surface area (Å²) in [5.41, 5.74) is 2.91. The Bertz CT molecular complexity index is 877. The van der Waals surface area contributed by atoms with Crippen molar-refractivity contribution in [1.29, 1.82) is 0 Å². The third-order valence-corrected chi connectivity index (χ3v) is 4.93. The molecule has 3 rings (SSSR count). The number of carbonyl (C=O) groups excluding carboxylic acids is 1. The second-order valence-electron chi connectivity index (χ2n) is 7.08. The second-order valence-corrected chi connectivity index (χ2v) is 7.08. The average molecular weight is 427 g/mol. The molecule has 3 heterocycles. The van der Waals surface area contributed by atoms with Gasteiger partial charge in [0.15, 0.2) is 0 Å². The van der Waals surface area contributed by atoms with Crippen LogP contribution in [0.2, 0.25) is 0 Å². The van der Waals surface area contributed by atoms with E-state index in [9.17, 15) is 9.59 Å². The molecule has 154 valence electrons. The Morgan fingerprint density at radius 1 is 1.25 bits per heavy atom. The molecule has 1 amide bonds. The minimum absolute atomic E-state index is 0. The molecular weight excluding hydrogens is 399 g/mol. The predicted molar refractivity (Wildman–Crippen MR) is 117 cm³/mol. The number of hydrogen-bond donors (Lipinski definition) is 2. The topological polar surface area (TPSA) is 76.0 Å². The first-order chi connectivity index (χ1) is 12.5. The fourth-order valence-electron chi connectivity index (χ4n) is 3.45. The van der Waals surface area contributed by atoms with Crippen molar-refractivity contribution in [3.63, 3.8) is 0 Å². The Morgan fingerprint density at radius 3 is 2.64 bits per heavy atom. The standard InChI is InChI=1S/C20H26N4O2.2ClH/c1-13-8-10-24(12-16-5-4-9-21-11-16)20(26)18(13)19(25)23-17-7-6-14(2)22-15(17)3;;/h6-8,10,16,21H,4-5,9,11-12H2,1-3H3,(H,23,25);2*1H. The zero-order chi connectivity index (χ0) is 18.7. The van der Waals surface area contributed by atoms with E-state index in [1.54, 1.807) is 17.7 Å². The molecule has 1 atom stereocenters. The number of nitrogens with one attached hydrogen (secondary N) is 2. The number of carbonyl (C=O) groups is 1. The number of piperidine rings is 1. The van der Waals surface area contributed by atoms with Gasteiger partial charge in [-0.3, -0.25) is 14.6 Å². The molecule has 1 aliphatic rings. The van der Waals surface area contributed by atoms with Gasteiger partial charge in [0.05, 0.1) is 11.4 Å². The third kappa shape index (κ3) is 5.56. The van der Waals surface area contributed by atoms with Crippen molar-refractivity contribution in [3.8, 4) is 0 Å². The van der Waals surface area contributed by atoms with Gasteiger partial charge in [-0.05, 0) is 76.4 Å². The lowest BCUT2D eigenvalue weighted by Crippen LogP contribution is -2.36. The SMILES string of the molecule is Cc1ccc(NC(=O)c2c(C)ccn(CC3CCCNC3)c2=O)c(C)n1.Cl.Cl. The fourth-order valence-corrected chi connectivity index (χ4v) is 3.45. The quantitative estimate of drug-likeness (QED) is 0.786. The van der Waals surface area contributed by atoms with Crippen molar-refractivity contribution >= 4 is 36.4 Å². The molecule has 28 heavy (non-hydrogen) atoms. The van der Waals surface area contributed by atoms with E-state index >= 15 is 0 Å². The summed E-state index contributed by atoms with van der Waals surface area (Å²) in [6.45, 7) is 8.13. The molecule has 0 aliphatic carbocycles. The van der Waals surface area contributed by atoms with Gasteiger partial charge in [-0.1, -0.05) is 0 Å². The minimum atomic E-state index is -0.377. The predicted octanol–water partition coefficient (Wildman–Crippen LogP) is 3.26. The Labute approximate surface area is 178 Å². The molecule has 0 bridgehead atoms. The molecule has 1 saturated heterocycles. The van der Waals surface area contributed by atoms with Crippen molar-refractivity contribution in [2.24, 2.45) is 5.92 Å². The number of hydrogen-bond acceptors (Lipinski definition) is 4. The van der Waals surface area contributed by atoms with E-state index in [4.69, 9.17) is 0 Å². The minimum Gasteiger partial charge on any atom is -0.320 e. The van der Waals surface area contributed by atoms with Crippen LogP contribution in [0.3, 0.4) is 0 Å². The third-order valence-electron chi connectivity index (χ3n) is 4.93. The Kier molecular flexibility index (Phi) is 9.14. The molecule has 2 aromatic heterocycles. The number of rotatable bonds is 4. The van der Waals surface area contributed by atoms with Gasteiger partial charge in [-0.2, -0.15) is 0 Å². The zero-order valence-electron chi connectivity index (χ0n) is 16.4. The summed E-state index contributed by atoms with van der Waals surface area (Å²) in [4.78, 5) is 30.0. The first kappa shape index (κ1) is 24.1. The van der Waals surface area contributed by atoms with Crippen LogP contribution in [0.1, 0.15) is 40.2 Å². The normalized spacial score (nSPS) is 15.9. The van der Waals surface area contributed by atoms with Crippen LogP contribution in [0.4, 0.5) is 5.69 Å². The lowest BCUT2D eigenvalue weighted by Gasteiger charge is -2.23. The van der Waals surface area contributed by atoms with Gasteiger partial charge in [0.25, 0.3) is 11.5 Å². The maximum Gasteiger partial charge on any atom is 0.263 e. The van der Waals surface area contributed by atoms with E-state index in [-0.39, 0.29) is 41.8 Å². The number of amides is 1. The van der Waals surface area contributed by atoms with Crippen LogP contribution in [-0.2, 0) is 6.54 Å². The van der Waals surface area contributed by atoms with Crippen molar-refractivity contribution < 1.29 is 4.79 Å². The highest BCUT2D eigenvalue weighted by Crippen LogP contribution is 2.15. The van der Waals surface area contributed by atoms with Crippen LogP contribution in [0.25, 0.3) is 0 Å². The Hall–Kier alpha value is -1.89. The summed E-state index contributed by atoms with van der Waals surface area (Å²) in [5.74, 6) is 0.0426. The molecule has 2 N–H and O–H groups in total. The van der Waals surface area contributed by atoms with Gasteiger partial charge in [-0.15, -0.1) is 24.8 Å². The number of halogens is 2. The maximum atomic E-state index is 12.9. The summed E-state index contributed by atoms with van der Waals surface area (Å²) in [6, 6.07) is 5.50. The highest BCUT2D eigenvalue weighted by Gasteiger charge is 2.19. The highest BCUT2D eigenvalue weighted by molar-refractivity contribution is 6.05. The monoisotopic (exact) mass is 426 g/mol. The van der Waals surface area contributed by atoms with Crippen LogP contribution in [-0.4, -0.2) is 28.5 Å². The van der Waals surface area contributed by atoms with Crippen molar-refractivity contribution in [2.75, 3.05) is 18.4 Å².